The van der Waals surface area contributed by atoms with Crippen molar-refractivity contribution in [2.75, 3.05) is 28.8 Å². The fourth-order valence-corrected chi connectivity index (χ4v) is 5.31. The molecule has 0 spiro atoms. The number of fused-ring (bicyclic) bond motifs is 3. The lowest BCUT2D eigenvalue weighted by Gasteiger charge is -2.22. The zero-order valence-corrected chi connectivity index (χ0v) is 16.1. The van der Waals surface area contributed by atoms with Gasteiger partial charge in [-0.2, -0.15) is 0 Å². The smallest absolute Gasteiger partial charge is 0.257 e. The molecule has 0 bridgehead atoms. The topological polar surface area (TPSA) is 91.7 Å². The van der Waals surface area contributed by atoms with E-state index in [4.69, 9.17) is 0 Å². The highest BCUT2D eigenvalue weighted by Crippen LogP contribution is 2.42. The molecule has 1 N–H and O–H groups in total. The maximum atomic E-state index is 12.5. The number of nitrogens with zero attached hydrogens (tertiary/aromatic N) is 3. The first-order chi connectivity index (χ1) is 12.4. The molecule has 0 radical (unpaired) electrons. The van der Waals surface area contributed by atoms with Gasteiger partial charge in [0.05, 0.1) is 28.4 Å². The monoisotopic (exact) mass is 406 g/mol. The molecule has 0 saturated carbocycles. The van der Waals surface area contributed by atoms with Crippen LogP contribution in [0.5, 0.6) is 0 Å². The Morgan fingerprint density at radius 1 is 1.31 bits per heavy atom. The van der Waals surface area contributed by atoms with Crippen LogP contribution in [0.25, 0.3) is 0 Å². The molecule has 1 aromatic carbocycles. The Balaban J connectivity index is 1.56. The minimum atomic E-state index is -3.39. The Bertz CT molecular complexity index is 1020. The van der Waals surface area contributed by atoms with Gasteiger partial charge in [-0.15, -0.1) is 16.2 Å². The molecule has 0 aliphatic carbocycles. The van der Waals surface area contributed by atoms with Gasteiger partial charge in [0.2, 0.25) is 0 Å². The first-order valence-electron chi connectivity index (χ1n) is 7.69. The number of rotatable bonds is 3. The van der Waals surface area contributed by atoms with Gasteiger partial charge in [0, 0.05) is 17.0 Å². The number of anilines is 2. The van der Waals surface area contributed by atoms with Crippen LogP contribution in [0.2, 0.25) is 0 Å². The summed E-state index contributed by atoms with van der Waals surface area (Å²) in [7, 11) is -3.39. The first-order valence-corrected chi connectivity index (χ1v) is 11.3. The van der Waals surface area contributed by atoms with E-state index in [-0.39, 0.29) is 11.7 Å². The molecule has 10 heteroatoms. The second-order valence-electron chi connectivity index (χ2n) is 5.64. The van der Waals surface area contributed by atoms with Crippen LogP contribution < -0.4 is 10.2 Å². The van der Waals surface area contributed by atoms with Gasteiger partial charge >= 0.3 is 0 Å². The standard InChI is InChI=1S/C16H14N4O3S3/c1-24-14-5-3-11(9-17-14)18-15(21)10-2-4-12-13(8-10)25-16-19-26(22,23)7-6-20(12)16/h2-5,8-9H,6-7H2,1H3,(H,18,21). The van der Waals surface area contributed by atoms with Crippen molar-refractivity contribution in [3.05, 3.63) is 42.1 Å². The van der Waals surface area contributed by atoms with Gasteiger partial charge in [-0.3, -0.25) is 4.79 Å². The van der Waals surface area contributed by atoms with Crippen LogP contribution in [0.3, 0.4) is 0 Å². The lowest BCUT2D eigenvalue weighted by atomic mass is 10.2. The minimum Gasteiger partial charge on any atom is -0.321 e. The summed E-state index contributed by atoms with van der Waals surface area (Å²) in [6.45, 7) is 0.375. The van der Waals surface area contributed by atoms with E-state index in [1.807, 2.05) is 23.3 Å². The van der Waals surface area contributed by atoms with Gasteiger partial charge in [0.25, 0.3) is 15.9 Å². The van der Waals surface area contributed by atoms with E-state index in [1.54, 1.807) is 24.4 Å². The Hall–Kier alpha value is -2.04. The highest BCUT2D eigenvalue weighted by atomic mass is 32.2. The fourth-order valence-electron chi connectivity index (χ4n) is 2.65. The molecule has 2 aliphatic heterocycles. The fraction of sp³-hybridized carbons (Fsp3) is 0.188. The first kappa shape index (κ1) is 17.4. The zero-order chi connectivity index (χ0) is 18.3. The van der Waals surface area contributed by atoms with Gasteiger partial charge in [-0.1, -0.05) is 0 Å². The number of thioether (sulfide) groups is 2. The summed E-state index contributed by atoms with van der Waals surface area (Å²) in [5.41, 5.74) is 1.99. The summed E-state index contributed by atoms with van der Waals surface area (Å²) in [6.07, 6.45) is 3.55. The lowest BCUT2D eigenvalue weighted by Crippen LogP contribution is -2.35. The van der Waals surface area contributed by atoms with Crippen molar-refractivity contribution in [2.24, 2.45) is 4.40 Å². The number of hydrogen-bond donors (Lipinski definition) is 1. The minimum absolute atomic E-state index is 0.00220. The predicted octanol–water partition coefficient (Wildman–Crippen LogP) is 2.67. The summed E-state index contributed by atoms with van der Waals surface area (Å²) < 4.78 is 27.2. The van der Waals surface area contributed by atoms with Crippen LogP contribution in [0.1, 0.15) is 10.4 Å². The summed E-state index contributed by atoms with van der Waals surface area (Å²) in [5.74, 6) is -0.246. The van der Waals surface area contributed by atoms with E-state index in [2.05, 4.69) is 14.7 Å². The lowest BCUT2D eigenvalue weighted by molar-refractivity contribution is 0.102. The molecular weight excluding hydrogens is 392 g/mol. The molecule has 4 rings (SSSR count). The van der Waals surface area contributed by atoms with Gasteiger partial charge in [0.1, 0.15) is 0 Å². The summed E-state index contributed by atoms with van der Waals surface area (Å²) in [6, 6.07) is 8.96. The number of pyridine rings is 1. The Morgan fingerprint density at radius 3 is 2.88 bits per heavy atom. The van der Waals surface area contributed by atoms with Crippen molar-refractivity contribution in [1.82, 2.24) is 4.98 Å². The van der Waals surface area contributed by atoms with E-state index >= 15 is 0 Å². The number of amidine groups is 1. The van der Waals surface area contributed by atoms with Gasteiger partial charge in [-0.05, 0) is 48.3 Å². The third kappa shape index (κ3) is 3.31. The highest BCUT2D eigenvalue weighted by molar-refractivity contribution is 8.15. The molecule has 3 heterocycles. The number of benzene rings is 1. The number of carbonyl (C=O) groups excluding carboxylic acids is 1. The molecule has 26 heavy (non-hydrogen) atoms. The molecule has 2 aliphatic rings. The van der Waals surface area contributed by atoms with Crippen molar-refractivity contribution in [1.29, 1.82) is 0 Å². The SMILES string of the molecule is CSc1ccc(NC(=O)c2ccc3c(c2)SC2=NS(=O)(=O)CCN23)cn1. The van der Waals surface area contributed by atoms with E-state index in [9.17, 15) is 13.2 Å². The Kier molecular flexibility index (Phi) is 4.41. The third-order valence-corrected chi connectivity index (χ3v) is 6.90. The molecule has 2 aromatic rings. The molecule has 1 amide bonds. The van der Waals surface area contributed by atoms with E-state index in [0.717, 1.165) is 15.6 Å². The summed E-state index contributed by atoms with van der Waals surface area (Å²) in [5, 5.41) is 4.14. The summed E-state index contributed by atoms with van der Waals surface area (Å²) >= 11 is 2.80. The maximum Gasteiger partial charge on any atom is 0.257 e. The maximum absolute atomic E-state index is 12.5. The molecule has 7 nitrogen and oxygen atoms in total. The molecule has 1 aromatic heterocycles. The highest BCUT2D eigenvalue weighted by Gasteiger charge is 2.33. The molecule has 134 valence electrons. The van der Waals surface area contributed by atoms with Crippen molar-refractivity contribution in [2.45, 2.75) is 9.92 Å². The second-order valence-corrected chi connectivity index (χ2v) is 9.23. The van der Waals surface area contributed by atoms with E-state index in [1.165, 1.54) is 23.5 Å². The molecule has 0 fully saturated rings. The van der Waals surface area contributed by atoms with Crippen LogP contribution in [0.4, 0.5) is 11.4 Å². The van der Waals surface area contributed by atoms with Gasteiger partial charge in [0.15, 0.2) is 5.17 Å². The summed E-state index contributed by atoms with van der Waals surface area (Å²) in [4.78, 5) is 19.4. The predicted molar refractivity (Wildman–Crippen MR) is 105 cm³/mol. The van der Waals surface area contributed by atoms with Crippen LogP contribution in [-0.2, 0) is 10.0 Å². The number of amides is 1. The number of aromatic nitrogens is 1. The van der Waals surface area contributed by atoms with Crippen molar-refractivity contribution in [3.63, 3.8) is 0 Å². The average molecular weight is 407 g/mol. The van der Waals surface area contributed by atoms with E-state index in [0.29, 0.717) is 23.0 Å². The van der Waals surface area contributed by atoms with Gasteiger partial charge in [-0.25, -0.2) is 13.4 Å². The van der Waals surface area contributed by atoms with Crippen molar-refractivity contribution >= 4 is 56.0 Å². The van der Waals surface area contributed by atoms with Crippen LogP contribution in [0, 0.1) is 0 Å². The molecule has 0 saturated heterocycles. The van der Waals surface area contributed by atoms with Gasteiger partial charge < -0.3 is 10.2 Å². The molecule has 0 atom stereocenters. The van der Waals surface area contributed by atoms with Crippen molar-refractivity contribution < 1.29 is 13.2 Å². The number of carbonyl (C=O) groups is 1. The van der Waals surface area contributed by atoms with Crippen LogP contribution in [-0.4, -0.2) is 43.0 Å². The second kappa shape index (κ2) is 6.60. The third-order valence-electron chi connectivity index (χ3n) is 3.94. The largest absolute Gasteiger partial charge is 0.321 e. The van der Waals surface area contributed by atoms with Crippen LogP contribution >= 0.6 is 23.5 Å². The Labute approximate surface area is 159 Å². The zero-order valence-electron chi connectivity index (χ0n) is 13.7. The quantitative estimate of drug-likeness (QED) is 0.784. The number of sulfonamides is 1. The number of nitrogens with one attached hydrogen (secondary N) is 1. The average Bonchev–Trinajstić information content (AvgIpc) is 2.97. The molecular formula is C16H14N4O3S3. The molecule has 0 unspecified atom stereocenters. The van der Waals surface area contributed by atoms with Crippen LogP contribution in [0.15, 0.2) is 50.8 Å². The van der Waals surface area contributed by atoms with E-state index < -0.39 is 10.0 Å². The van der Waals surface area contributed by atoms with Crippen molar-refractivity contribution in [3.8, 4) is 0 Å². The Morgan fingerprint density at radius 2 is 2.15 bits per heavy atom. The normalized spacial score (nSPS) is 17.3. The number of hydrogen-bond acceptors (Lipinski definition) is 7.